The summed E-state index contributed by atoms with van der Waals surface area (Å²) in [4.78, 5) is 0. The van der Waals surface area contributed by atoms with Crippen LogP contribution < -0.4 is 0 Å². The Hall–Kier alpha value is -0.300. The van der Waals surface area contributed by atoms with E-state index >= 15 is 0 Å². The van der Waals surface area contributed by atoms with Crippen LogP contribution in [0.25, 0.3) is 0 Å². The van der Waals surface area contributed by atoms with Crippen molar-refractivity contribution in [2.45, 2.75) is 72.1 Å². The van der Waals surface area contributed by atoms with Gasteiger partial charge in [-0.05, 0) is 47.1 Å². The summed E-state index contributed by atoms with van der Waals surface area (Å²) in [5.41, 5.74) is 3.23. The SMILES string of the molecule is CCCCCCCCc1cscc1CC(C)C. The summed E-state index contributed by atoms with van der Waals surface area (Å²) >= 11 is 1.88. The minimum Gasteiger partial charge on any atom is -0.152 e. The van der Waals surface area contributed by atoms with Gasteiger partial charge in [0, 0.05) is 0 Å². The zero-order chi connectivity index (χ0) is 12.5. The molecule has 0 bridgehead atoms. The molecule has 1 aromatic rings. The fraction of sp³-hybridized carbons (Fsp3) is 0.750. The van der Waals surface area contributed by atoms with E-state index in [4.69, 9.17) is 0 Å². The molecule has 0 aliphatic rings. The van der Waals surface area contributed by atoms with Crippen LogP contribution in [0.1, 0.15) is 70.4 Å². The first-order valence-electron chi connectivity index (χ1n) is 7.28. The normalized spacial score (nSPS) is 11.3. The first-order chi connectivity index (χ1) is 8.24. The van der Waals surface area contributed by atoms with E-state index in [-0.39, 0.29) is 0 Å². The van der Waals surface area contributed by atoms with Crippen LogP contribution in [-0.2, 0) is 12.8 Å². The number of hydrogen-bond donors (Lipinski definition) is 0. The van der Waals surface area contributed by atoms with Crippen LogP contribution in [0.3, 0.4) is 0 Å². The monoisotopic (exact) mass is 252 g/mol. The maximum atomic E-state index is 2.36. The fourth-order valence-electron chi connectivity index (χ4n) is 2.28. The molecule has 0 atom stereocenters. The summed E-state index contributed by atoms with van der Waals surface area (Å²) in [6.45, 7) is 6.90. The highest BCUT2D eigenvalue weighted by atomic mass is 32.1. The highest BCUT2D eigenvalue weighted by Crippen LogP contribution is 2.21. The minimum atomic E-state index is 0.785. The molecule has 1 heteroatoms. The molecule has 0 aliphatic heterocycles. The van der Waals surface area contributed by atoms with Gasteiger partial charge in [0.25, 0.3) is 0 Å². The Kier molecular flexibility index (Phi) is 7.59. The Balaban J connectivity index is 2.20. The van der Waals surface area contributed by atoms with Gasteiger partial charge in [-0.3, -0.25) is 0 Å². The summed E-state index contributed by atoms with van der Waals surface area (Å²) in [7, 11) is 0. The molecule has 0 amide bonds. The summed E-state index contributed by atoms with van der Waals surface area (Å²) in [6, 6.07) is 0. The summed E-state index contributed by atoms with van der Waals surface area (Å²) < 4.78 is 0. The Bertz CT molecular complexity index is 285. The molecule has 1 rings (SSSR count). The molecule has 1 aromatic heterocycles. The second-order valence-corrected chi connectivity index (χ2v) is 6.28. The molecule has 1 heterocycles. The number of rotatable bonds is 9. The van der Waals surface area contributed by atoms with Gasteiger partial charge in [0.2, 0.25) is 0 Å². The molecule has 0 radical (unpaired) electrons. The van der Waals surface area contributed by atoms with Gasteiger partial charge in [0.05, 0.1) is 0 Å². The molecule has 0 saturated carbocycles. The second-order valence-electron chi connectivity index (χ2n) is 5.54. The number of hydrogen-bond acceptors (Lipinski definition) is 1. The molecule has 0 aliphatic carbocycles. The first kappa shape index (κ1) is 14.8. The van der Waals surface area contributed by atoms with Crippen molar-refractivity contribution in [3.63, 3.8) is 0 Å². The fourth-order valence-corrected chi connectivity index (χ4v) is 3.20. The maximum absolute atomic E-state index is 2.36. The molecular formula is C16H28S. The Morgan fingerprint density at radius 1 is 0.941 bits per heavy atom. The Labute approximate surface area is 111 Å². The van der Waals surface area contributed by atoms with Crippen LogP contribution in [0.5, 0.6) is 0 Å². The second kappa shape index (κ2) is 8.74. The third kappa shape index (κ3) is 6.26. The zero-order valence-electron chi connectivity index (χ0n) is 11.8. The minimum absolute atomic E-state index is 0.785. The average molecular weight is 252 g/mol. The quantitative estimate of drug-likeness (QED) is 0.484. The van der Waals surface area contributed by atoms with Crippen molar-refractivity contribution in [3.05, 3.63) is 21.9 Å². The van der Waals surface area contributed by atoms with Crippen LogP contribution in [-0.4, -0.2) is 0 Å². The molecule has 0 saturated heterocycles. The molecule has 0 nitrogen and oxygen atoms in total. The average Bonchev–Trinajstić information content (AvgIpc) is 2.70. The summed E-state index contributed by atoms with van der Waals surface area (Å²) in [6.07, 6.45) is 11.0. The van der Waals surface area contributed by atoms with Gasteiger partial charge in [-0.2, -0.15) is 11.3 Å². The van der Waals surface area contributed by atoms with E-state index in [0.29, 0.717) is 0 Å². The molecule has 17 heavy (non-hydrogen) atoms. The third-order valence-electron chi connectivity index (χ3n) is 3.26. The standard InChI is InChI=1S/C16H28S/c1-4-5-6-7-8-9-10-15-12-17-13-16(15)11-14(2)3/h12-14H,4-11H2,1-3H3. The van der Waals surface area contributed by atoms with Crippen LogP contribution in [0, 0.1) is 5.92 Å². The lowest BCUT2D eigenvalue weighted by molar-refractivity contribution is 0.603. The van der Waals surface area contributed by atoms with Gasteiger partial charge in [-0.1, -0.05) is 52.9 Å². The Morgan fingerprint density at radius 3 is 2.29 bits per heavy atom. The van der Waals surface area contributed by atoms with Crippen LogP contribution in [0.4, 0.5) is 0 Å². The summed E-state index contributed by atoms with van der Waals surface area (Å²) in [5.74, 6) is 0.785. The van der Waals surface area contributed by atoms with Gasteiger partial charge >= 0.3 is 0 Å². The largest absolute Gasteiger partial charge is 0.152 e. The van der Waals surface area contributed by atoms with Gasteiger partial charge < -0.3 is 0 Å². The predicted molar refractivity (Wildman–Crippen MR) is 79.9 cm³/mol. The van der Waals surface area contributed by atoms with Crippen LogP contribution in [0.15, 0.2) is 10.8 Å². The molecule has 0 N–H and O–H groups in total. The first-order valence-corrected chi connectivity index (χ1v) is 8.22. The molecule has 0 unspecified atom stereocenters. The van der Waals surface area contributed by atoms with Gasteiger partial charge in [-0.15, -0.1) is 0 Å². The maximum Gasteiger partial charge on any atom is -0.00583 e. The van der Waals surface area contributed by atoms with E-state index in [1.165, 1.54) is 51.4 Å². The molecule has 0 fully saturated rings. The van der Waals surface area contributed by atoms with Gasteiger partial charge in [0.1, 0.15) is 0 Å². The summed E-state index contributed by atoms with van der Waals surface area (Å²) in [5, 5.41) is 4.72. The van der Waals surface area contributed by atoms with Crippen LogP contribution in [0.2, 0.25) is 0 Å². The van der Waals surface area contributed by atoms with Crippen LogP contribution >= 0.6 is 11.3 Å². The van der Waals surface area contributed by atoms with Gasteiger partial charge in [0.15, 0.2) is 0 Å². The van der Waals surface area contributed by atoms with Crippen molar-refractivity contribution in [2.24, 2.45) is 5.92 Å². The number of thiophene rings is 1. The van der Waals surface area contributed by atoms with E-state index < -0.39 is 0 Å². The smallest absolute Gasteiger partial charge is 0.00583 e. The van der Waals surface area contributed by atoms with Gasteiger partial charge in [-0.25, -0.2) is 0 Å². The van der Waals surface area contributed by atoms with E-state index in [9.17, 15) is 0 Å². The van der Waals surface area contributed by atoms with Crippen molar-refractivity contribution in [1.82, 2.24) is 0 Å². The van der Waals surface area contributed by atoms with E-state index in [1.807, 2.05) is 11.3 Å². The van der Waals surface area contributed by atoms with Crippen molar-refractivity contribution in [2.75, 3.05) is 0 Å². The molecular weight excluding hydrogens is 224 g/mol. The highest BCUT2D eigenvalue weighted by Gasteiger charge is 2.05. The van der Waals surface area contributed by atoms with Crippen molar-refractivity contribution in [3.8, 4) is 0 Å². The zero-order valence-corrected chi connectivity index (χ0v) is 12.6. The van der Waals surface area contributed by atoms with Crippen molar-refractivity contribution < 1.29 is 0 Å². The lowest BCUT2D eigenvalue weighted by Crippen LogP contribution is -1.96. The van der Waals surface area contributed by atoms with Crippen molar-refractivity contribution >= 4 is 11.3 Å². The predicted octanol–water partition coefficient (Wildman–Crippen LogP) is 5.85. The molecule has 98 valence electrons. The Morgan fingerprint density at radius 2 is 1.59 bits per heavy atom. The third-order valence-corrected chi connectivity index (χ3v) is 4.10. The van der Waals surface area contributed by atoms with E-state index in [1.54, 1.807) is 11.1 Å². The molecule has 0 spiro atoms. The highest BCUT2D eigenvalue weighted by molar-refractivity contribution is 7.08. The lowest BCUT2D eigenvalue weighted by Gasteiger charge is -2.06. The van der Waals surface area contributed by atoms with E-state index in [2.05, 4.69) is 31.5 Å². The van der Waals surface area contributed by atoms with E-state index in [0.717, 1.165) is 5.92 Å². The molecule has 0 aromatic carbocycles. The van der Waals surface area contributed by atoms with Crippen molar-refractivity contribution in [1.29, 1.82) is 0 Å². The topological polar surface area (TPSA) is 0 Å². The lowest BCUT2D eigenvalue weighted by atomic mass is 9.98. The number of unbranched alkanes of at least 4 members (excludes halogenated alkanes) is 5. The number of aryl methyl sites for hydroxylation is 1.